The van der Waals surface area contributed by atoms with Gasteiger partial charge in [-0.1, -0.05) is 31.2 Å². The van der Waals surface area contributed by atoms with Gasteiger partial charge in [-0.2, -0.15) is 0 Å². The highest BCUT2D eigenvalue weighted by molar-refractivity contribution is 6.46. The van der Waals surface area contributed by atoms with Crippen molar-refractivity contribution in [3.8, 4) is 11.5 Å². The number of likely N-dealkylation sites (tertiary alicyclic amines) is 1. The third-order valence-corrected chi connectivity index (χ3v) is 5.65. The number of ether oxygens (including phenoxy) is 3. The fourth-order valence-corrected chi connectivity index (χ4v) is 3.91. The van der Waals surface area contributed by atoms with Crippen molar-refractivity contribution in [1.82, 2.24) is 4.90 Å². The first-order chi connectivity index (χ1) is 15.5. The van der Waals surface area contributed by atoms with Gasteiger partial charge in [-0.05, 0) is 42.2 Å². The van der Waals surface area contributed by atoms with Crippen molar-refractivity contribution in [2.75, 3.05) is 34.5 Å². The van der Waals surface area contributed by atoms with E-state index in [1.807, 2.05) is 24.3 Å². The second kappa shape index (κ2) is 10.3. The average Bonchev–Trinajstić information content (AvgIpc) is 3.08. The lowest BCUT2D eigenvalue weighted by molar-refractivity contribution is -0.140. The summed E-state index contributed by atoms with van der Waals surface area (Å²) in [6.07, 6.45) is 1.45. The van der Waals surface area contributed by atoms with Crippen LogP contribution in [0.25, 0.3) is 5.76 Å². The van der Waals surface area contributed by atoms with Gasteiger partial charge in [0.15, 0.2) is 11.5 Å². The Morgan fingerprint density at radius 1 is 1.00 bits per heavy atom. The second-order valence-electron chi connectivity index (χ2n) is 7.50. The lowest BCUT2D eigenvalue weighted by Crippen LogP contribution is -2.31. The summed E-state index contributed by atoms with van der Waals surface area (Å²) in [6.45, 7) is 2.85. The van der Waals surface area contributed by atoms with Crippen LogP contribution in [0, 0.1) is 0 Å². The van der Waals surface area contributed by atoms with E-state index in [0.717, 1.165) is 17.5 Å². The summed E-state index contributed by atoms with van der Waals surface area (Å²) in [7, 11) is 4.60. The van der Waals surface area contributed by atoms with Crippen molar-refractivity contribution >= 4 is 17.4 Å². The molecule has 1 fully saturated rings. The number of benzene rings is 2. The number of aliphatic hydroxyl groups excluding tert-OH is 1. The lowest BCUT2D eigenvalue weighted by atomic mass is 9.94. The first-order valence-electron chi connectivity index (χ1n) is 10.5. The predicted octanol–water partition coefficient (Wildman–Crippen LogP) is 3.72. The molecule has 2 aromatic carbocycles. The van der Waals surface area contributed by atoms with Crippen molar-refractivity contribution in [3.05, 3.63) is 64.7 Å². The van der Waals surface area contributed by atoms with Crippen LogP contribution in [0.3, 0.4) is 0 Å². The molecule has 2 aromatic rings. The van der Waals surface area contributed by atoms with Crippen LogP contribution >= 0.6 is 0 Å². The molecule has 1 unspecified atom stereocenters. The zero-order chi connectivity index (χ0) is 23.3. The molecule has 1 saturated heterocycles. The minimum Gasteiger partial charge on any atom is -0.507 e. The number of amides is 1. The van der Waals surface area contributed by atoms with Crippen molar-refractivity contribution in [2.24, 2.45) is 0 Å². The Bertz CT molecular complexity index is 1010. The highest BCUT2D eigenvalue weighted by atomic mass is 16.5. The molecule has 1 heterocycles. The Kier molecular flexibility index (Phi) is 7.53. The number of ketones is 1. The normalized spacial score (nSPS) is 17.6. The fraction of sp³-hybridized carbons (Fsp3) is 0.360. The van der Waals surface area contributed by atoms with Crippen LogP contribution < -0.4 is 9.47 Å². The van der Waals surface area contributed by atoms with E-state index >= 15 is 0 Å². The van der Waals surface area contributed by atoms with Crippen molar-refractivity contribution in [1.29, 1.82) is 0 Å². The van der Waals surface area contributed by atoms with E-state index in [9.17, 15) is 14.7 Å². The Morgan fingerprint density at radius 3 is 2.28 bits per heavy atom. The number of nitrogens with zero attached hydrogens (tertiary/aromatic N) is 1. The molecular formula is C25H29NO6. The zero-order valence-electron chi connectivity index (χ0n) is 18.9. The summed E-state index contributed by atoms with van der Waals surface area (Å²) in [5, 5.41) is 11.2. The number of hydrogen-bond acceptors (Lipinski definition) is 6. The summed E-state index contributed by atoms with van der Waals surface area (Å²) >= 11 is 0. The SMILES string of the molecule is CCc1ccc(C2/C(=C(/O)c3ccc(OC)c(OC)c3)C(=O)C(=O)N2CCCOC)cc1. The zero-order valence-corrected chi connectivity index (χ0v) is 18.9. The number of Topliss-reactive ketones (excluding diaryl/α,β-unsaturated/α-hetero) is 1. The predicted molar refractivity (Wildman–Crippen MR) is 121 cm³/mol. The van der Waals surface area contributed by atoms with Crippen LogP contribution in [0.4, 0.5) is 0 Å². The molecule has 7 nitrogen and oxygen atoms in total. The fourth-order valence-electron chi connectivity index (χ4n) is 3.91. The van der Waals surface area contributed by atoms with Gasteiger partial charge in [-0.3, -0.25) is 9.59 Å². The molecule has 1 atom stereocenters. The maximum absolute atomic E-state index is 13.1. The summed E-state index contributed by atoms with van der Waals surface area (Å²) in [4.78, 5) is 27.5. The number of aliphatic hydroxyl groups is 1. The average molecular weight is 440 g/mol. The molecule has 32 heavy (non-hydrogen) atoms. The van der Waals surface area contributed by atoms with Crippen LogP contribution in [-0.4, -0.2) is 56.2 Å². The van der Waals surface area contributed by atoms with Crippen LogP contribution in [0.5, 0.6) is 11.5 Å². The Labute approximate surface area is 188 Å². The Balaban J connectivity index is 2.13. The minimum atomic E-state index is -0.709. The monoisotopic (exact) mass is 439 g/mol. The van der Waals surface area contributed by atoms with Crippen molar-refractivity contribution in [3.63, 3.8) is 0 Å². The second-order valence-corrected chi connectivity index (χ2v) is 7.50. The van der Waals surface area contributed by atoms with Gasteiger partial charge in [0, 0.05) is 25.8 Å². The number of rotatable bonds is 9. The quantitative estimate of drug-likeness (QED) is 0.277. The molecule has 1 aliphatic heterocycles. The number of carbonyl (C=O) groups excluding carboxylic acids is 2. The number of carbonyl (C=O) groups is 2. The molecule has 0 radical (unpaired) electrons. The third-order valence-electron chi connectivity index (χ3n) is 5.65. The van der Waals surface area contributed by atoms with Gasteiger partial charge in [-0.15, -0.1) is 0 Å². The van der Waals surface area contributed by atoms with Crippen LogP contribution in [0.1, 0.15) is 36.1 Å². The summed E-state index contributed by atoms with van der Waals surface area (Å²) in [5.74, 6) is -0.680. The molecule has 0 bridgehead atoms. The van der Waals surface area contributed by atoms with E-state index in [2.05, 4.69) is 6.92 Å². The molecular weight excluding hydrogens is 410 g/mol. The minimum absolute atomic E-state index is 0.0592. The standard InChI is InChI=1S/C25H29NO6/c1-5-16-7-9-17(10-8-16)22-21(24(28)25(29)26(22)13-6-14-30-2)23(27)18-11-12-19(31-3)20(15-18)32-4/h7-12,15,22,27H,5-6,13-14H2,1-4H3/b23-21-. The molecule has 0 spiro atoms. The maximum Gasteiger partial charge on any atom is 0.295 e. The van der Waals surface area contributed by atoms with E-state index in [-0.39, 0.29) is 11.3 Å². The van der Waals surface area contributed by atoms with Gasteiger partial charge in [0.1, 0.15) is 5.76 Å². The Hall–Kier alpha value is -3.32. The first kappa shape index (κ1) is 23.3. The van der Waals surface area contributed by atoms with Gasteiger partial charge in [-0.25, -0.2) is 0 Å². The van der Waals surface area contributed by atoms with E-state index < -0.39 is 17.7 Å². The number of aryl methyl sites for hydroxylation is 1. The smallest absolute Gasteiger partial charge is 0.295 e. The molecule has 7 heteroatoms. The molecule has 1 amide bonds. The van der Waals surface area contributed by atoms with Crippen LogP contribution in [0.15, 0.2) is 48.0 Å². The van der Waals surface area contributed by atoms with E-state index in [1.165, 1.54) is 19.1 Å². The van der Waals surface area contributed by atoms with Gasteiger partial charge in [0.2, 0.25) is 0 Å². The topological polar surface area (TPSA) is 85.3 Å². The number of hydrogen-bond donors (Lipinski definition) is 1. The largest absolute Gasteiger partial charge is 0.507 e. The molecule has 1 aliphatic rings. The van der Waals surface area contributed by atoms with Gasteiger partial charge in [0.05, 0.1) is 25.8 Å². The van der Waals surface area contributed by atoms with Gasteiger partial charge >= 0.3 is 0 Å². The van der Waals surface area contributed by atoms with Crippen LogP contribution in [0.2, 0.25) is 0 Å². The van der Waals surface area contributed by atoms with Crippen LogP contribution in [-0.2, 0) is 20.7 Å². The molecule has 0 aromatic heterocycles. The molecule has 1 N–H and O–H groups in total. The first-order valence-corrected chi connectivity index (χ1v) is 10.5. The lowest BCUT2D eigenvalue weighted by Gasteiger charge is -2.25. The van der Waals surface area contributed by atoms with E-state index in [1.54, 1.807) is 25.3 Å². The highest BCUT2D eigenvalue weighted by Crippen LogP contribution is 2.40. The summed E-state index contributed by atoms with van der Waals surface area (Å²) < 4.78 is 15.7. The maximum atomic E-state index is 13.1. The molecule has 0 aliphatic carbocycles. The van der Waals surface area contributed by atoms with Crippen molar-refractivity contribution < 1.29 is 28.9 Å². The summed E-state index contributed by atoms with van der Waals surface area (Å²) in [6, 6.07) is 11.9. The van der Waals surface area contributed by atoms with Gasteiger partial charge < -0.3 is 24.2 Å². The summed E-state index contributed by atoms with van der Waals surface area (Å²) in [5.41, 5.74) is 2.34. The van der Waals surface area contributed by atoms with E-state index in [0.29, 0.717) is 36.6 Å². The number of methoxy groups -OCH3 is 3. The highest BCUT2D eigenvalue weighted by Gasteiger charge is 2.45. The van der Waals surface area contributed by atoms with Crippen molar-refractivity contribution in [2.45, 2.75) is 25.8 Å². The molecule has 170 valence electrons. The molecule has 3 rings (SSSR count). The third kappa shape index (κ3) is 4.48. The van der Waals surface area contributed by atoms with E-state index in [4.69, 9.17) is 14.2 Å². The molecule has 0 saturated carbocycles. The van der Waals surface area contributed by atoms with Gasteiger partial charge in [0.25, 0.3) is 11.7 Å². The Morgan fingerprint density at radius 2 is 1.69 bits per heavy atom.